The Kier molecular flexibility index (Phi) is 3.17. The van der Waals surface area contributed by atoms with Gasteiger partial charge in [0.1, 0.15) is 0 Å². The van der Waals surface area contributed by atoms with Gasteiger partial charge >= 0.3 is 0 Å². The maximum absolute atomic E-state index is 5.85. The highest BCUT2D eigenvalue weighted by atomic mass is 79.9. The Balaban J connectivity index is 2.48. The van der Waals surface area contributed by atoms with E-state index >= 15 is 0 Å². The molecule has 0 amide bonds. The van der Waals surface area contributed by atoms with Crippen molar-refractivity contribution in [2.75, 3.05) is 6.54 Å². The van der Waals surface area contributed by atoms with Gasteiger partial charge in [-0.2, -0.15) is 0 Å². The predicted molar refractivity (Wildman–Crippen MR) is 68.1 cm³/mol. The van der Waals surface area contributed by atoms with Crippen LogP contribution in [0.5, 0.6) is 0 Å². The number of hydrogen-bond donors (Lipinski definition) is 1. The van der Waals surface area contributed by atoms with Crippen molar-refractivity contribution >= 4 is 15.9 Å². The summed E-state index contributed by atoms with van der Waals surface area (Å²) < 4.78 is 1.26. The number of hydrogen-bond acceptors (Lipinski definition) is 1. The van der Waals surface area contributed by atoms with E-state index in [1.807, 2.05) is 0 Å². The summed E-state index contributed by atoms with van der Waals surface area (Å²) in [6.45, 7) is 5.37. The summed E-state index contributed by atoms with van der Waals surface area (Å²) in [7, 11) is 0. The largest absolute Gasteiger partial charge is 0.330 e. The van der Waals surface area contributed by atoms with E-state index in [4.69, 9.17) is 5.73 Å². The third kappa shape index (κ3) is 1.85. The predicted octanol–water partition coefficient (Wildman–Crippen LogP) is 3.63. The Bertz CT molecular complexity index is 360. The third-order valence-corrected chi connectivity index (χ3v) is 4.22. The van der Waals surface area contributed by atoms with Crippen molar-refractivity contribution in [2.24, 2.45) is 11.7 Å². The fraction of sp³-hybridized carbons (Fsp3) is 0.538. The van der Waals surface area contributed by atoms with Gasteiger partial charge in [-0.3, -0.25) is 0 Å². The van der Waals surface area contributed by atoms with Crippen molar-refractivity contribution in [1.29, 1.82) is 0 Å². The zero-order valence-electron chi connectivity index (χ0n) is 9.33. The first kappa shape index (κ1) is 11.2. The monoisotopic (exact) mass is 267 g/mol. The van der Waals surface area contributed by atoms with Gasteiger partial charge in [0.2, 0.25) is 0 Å². The highest BCUT2D eigenvalue weighted by molar-refractivity contribution is 9.10. The molecule has 0 fully saturated rings. The molecule has 0 heterocycles. The molecule has 0 spiro atoms. The van der Waals surface area contributed by atoms with E-state index in [-0.39, 0.29) is 0 Å². The van der Waals surface area contributed by atoms with Crippen LogP contribution in [-0.2, 0) is 0 Å². The van der Waals surface area contributed by atoms with Gasteiger partial charge in [0.15, 0.2) is 0 Å². The summed E-state index contributed by atoms with van der Waals surface area (Å²) in [5.74, 6) is 1.92. The molecule has 0 aromatic heterocycles. The van der Waals surface area contributed by atoms with Crippen LogP contribution in [0.15, 0.2) is 22.7 Å². The zero-order valence-corrected chi connectivity index (χ0v) is 10.9. The molecular weight excluding hydrogens is 250 g/mol. The summed E-state index contributed by atoms with van der Waals surface area (Å²) in [5.41, 5.74) is 8.81. The molecule has 0 saturated heterocycles. The molecular formula is C13H18BrN. The minimum absolute atomic E-state index is 0.560. The van der Waals surface area contributed by atoms with Crippen LogP contribution in [0.4, 0.5) is 0 Å². The van der Waals surface area contributed by atoms with E-state index in [0.29, 0.717) is 17.8 Å². The third-order valence-electron chi connectivity index (χ3n) is 3.52. The first-order valence-electron chi connectivity index (χ1n) is 5.63. The molecule has 2 N–H and O–H groups in total. The van der Waals surface area contributed by atoms with E-state index in [0.717, 1.165) is 6.54 Å². The van der Waals surface area contributed by atoms with Crippen molar-refractivity contribution in [3.05, 3.63) is 33.8 Å². The number of halogens is 1. The fourth-order valence-electron chi connectivity index (χ4n) is 2.68. The van der Waals surface area contributed by atoms with Crippen molar-refractivity contribution in [2.45, 2.75) is 32.1 Å². The minimum atomic E-state index is 0.560. The van der Waals surface area contributed by atoms with E-state index in [2.05, 4.69) is 48.0 Å². The Morgan fingerprint density at radius 1 is 1.47 bits per heavy atom. The van der Waals surface area contributed by atoms with Crippen molar-refractivity contribution in [3.8, 4) is 0 Å². The first-order valence-corrected chi connectivity index (χ1v) is 6.42. The summed E-state index contributed by atoms with van der Waals surface area (Å²) in [6.07, 6.45) is 1.21. The molecule has 82 valence electrons. The minimum Gasteiger partial charge on any atom is -0.330 e. The standard InChI is InChI=1S/C13H18BrN/c1-8(2)11-6-9(7-15)10-4-3-5-12(14)13(10)11/h3-5,8-9,11H,6-7,15H2,1-2H3. The van der Waals surface area contributed by atoms with Gasteiger partial charge in [-0.05, 0) is 47.9 Å². The van der Waals surface area contributed by atoms with Gasteiger partial charge in [0.25, 0.3) is 0 Å². The second-order valence-electron chi connectivity index (χ2n) is 4.76. The van der Waals surface area contributed by atoms with Crippen LogP contribution in [0.1, 0.15) is 43.2 Å². The van der Waals surface area contributed by atoms with E-state index in [9.17, 15) is 0 Å². The van der Waals surface area contributed by atoms with Crippen molar-refractivity contribution < 1.29 is 0 Å². The molecule has 1 aliphatic carbocycles. The average Bonchev–Trinajstić information content (AvgIpc) is 2.58. The average molecular weight is 268 g/mol. The SMILES string of the molecule is CC(C)C1CC(CN)c2cccc(Br)c21. The maximum atomic E-state index is 5.85. The zero-order chi connectivity index (χ0) is 11.0. The summed E-state index contributed by atoms with van der Waals surface area (Å²) in [5, 5.41) is 0. The first-order chi connectivity index (χ1) is 7.15. The number of rotatable bonds is 2. The van der Waals surface area contributed by atoms with Gasteiger partial charge in [0.05, 0.1) is 0 Å². The second kappa shape index (κ2) is 4.26. The Morgan fingerprint density at radius 2 is 2.20 bits per heavy atom. The molecule has 0 saturated carbocycles. The van der Waals surface area contributed by atoms with Crippen LogP contribution in [-0.4, -0.2) is 6.54 Å². The van der Waals surface area contributed by atoms with Crippen LogP contribution in [0.25, 0.3) is 0 Å². The van der Waals surface area contributed by atoms with Crippen LogP contribution in [0.2, 0.25) is 0 Å². The highest BCUT2D eigenvalue weighted by Gasteiger charge is 2.33. The van der Waals surface area contributed by atoms with E-state index < -0.39 is 0 Å². The second-order valence-corrected chi connectivity index (χ2v) is 5.62. The maximum Gasteiger partial charge on any atom is 0.0213 e. The lowest BCUT2D eigenvalue weighted by atomic mass is 9.90. The van der Waals surface area contributed by atoms with Gasteiger partial charge in [0, 0.05) is 4.47 Å². The van der Waals surface area contributed by atoms with Crippen LogP contribution < -0.4 is 5.73 Å². The highest BCUT2D eigenvalue weighted by Crippen LogP contribution is 2.47. The molecule has 0 radical (unpaired) electrons. The lowest BCUT2D eigenvalue weighted by Gasteiger charge is -2.17. The normalized spacial score (nSPS) is 24.6. The number of nitrogens with two attached hydrogens (primary N) is 1. The molecule has 2 rings (SSSR count). The summed E-state index contributed by atoms with van der Waals surface area (Å²) >= 11 is 3.67. The smallest absolute Gasteiger partial charge is 0.0213 e. The van der Waals surface area contributed by atoms with Gasteiger partial charge in [-0.1, -0.05) is 41.9 Å². The molecule has 1 aromatic carbocycles. The quantitative estimate of drug-likeness (QED) is 0.870. The van der Waals surface area contributed by atoms with E-state index in [1.165, 1.54) is 22.0 Å². The van der Waals surface area contributed by atoms with Crippen LogP contribution >= 0.6 is 15.9 Å². The van der Waals surface area contributed by atoms with Gasteiger partial charge < -0.3 is 5.73 Å². The van der Waals surface area contributed by atoms with Crippen molar-refractivity contribution in [3.63, 3.8) is 0 Å². The number of fused-ring (bicyclic) bond motifs is 1. The van der Waals surface area contributed by atoms with Crippen molar-refractivity contribution in [1.82, 2.24) is 0 Å². The van der Waals surface area contributed by atoms with Crippen LogP contribution in [0, 0.1) is 5.92 Å². The number of benzene rings is 1. The summed E-state index contributed by atoms with van der Waals surface area (Å²) in [6, 6.07) is 6.50. The van der Waals surface area contributed by atoms with Gasteiger partial charge in [-0.15, -0.1) is 0 Å². The van der Waals surface area contributed by atoms with Gasteiger partial charge in [-0.25, -0.2) is 0 Å². The molecule has 0 aliphatic heterocycles. The molecule has 2 atom stereocenters. The Labute approximate surface area is 100 Å². The Hall–Kier alpha value is -0.340. The summed E-state index contributed by atoms with van der Waals surface area (Å²) in [4.78, 5) is 0. The topological polar surface area (TPSA) is 26.0 Å². The molecule has 1 aliphatic rings. The van der Waals surface area contributed by atoms with E-state index in [1.54, 1.807) is 0 Å². The molecule has 1 aromatic rings. The van der Waals surface area contributed by atoms with Crippen LogP contribution in [0.3, 0.4) is 0 Å². The Morgan fingerprint density at radius 3 is 2.80 bits per heavy atom. The molecule has 15 heavy (non-hydrogen) atoms. The molecule has 2 heteroatoms. The molecule has 0 bridgehead atoms. The molecule has 2 unspecified atom stereocenters. The fourth-order valence-corrected chi connectivity index (χ4v) is 3.36. The molecule has 1 nitrogen and oxygen atoms in total. The lowest BCUT2D eigenvalue weighted by Crippen LogP contribution is -2.10. The lowest BCUT2D eigenvalue weighted by molar-refractivity contribution is 0.467.